The van der Waals surface area contributed by atoms with Crippen molar-refractivity contribution >= 4 is 23.3 Å². The average molecular weight is 397 g/mol. The summed E-state index contributed by atoms with van der Waals surface area (Å²) in [5.41, 5.74) is 0.905. The van der Waals surface area contributed by atoms with E-state index >= 15 is 0 Å². The summed E-state index contributed by atoms with van der Waals surface area (Å²) in [5.74, 6) is 1.04. The van der Waals surface area contributed by atoms with Gasteiger partial charge in [0.05, 0.1) is 17.3 Å². The van der Waals surface area contributed by atoms with Gasteiger partial charge in [0.2, 0.25) is 0 Å². The molecule has 0 saturated carbocycles. The van der Waals surface area contributed by atoms with Crippen LogP contribution in [-0.4, -0.2) is 23.6 Å². The van der Waals surface area contributed by atoms with Gasteiger partial charge in [-0.05, 0) is 42.3 Å². The molecule has 28 heavy (non-hydrogen) atoms. The fourth-order valence-corrected chi connectivity index (χ4v) is 3.87. The molecule has 0 spiro atoms. The molecule has 4 rings (SSSR count). The number of nitrogens with one attached hydrogen (secondary N) is 1. The van der Waals surface area contributed by atoms with Gasteiger partial charge >= 0.3 is 0 Å². The number of hydrogen-bond donors (Lipinski definition) is 1. The quantitative estimate of drug-likeness (QED) is 0.674. The second kappa shape index (κ2) is 8.26. The maximum absolute atomic E-state index is 12.4. The zero-order valence-corrected chi connectivity index (χ0v) is 15.9. The molecule has 144 valence electrons. The van der Waals surface area contributed by atoms with E-state index in [9.17, 15) is 9.59 Å². The molecule has 1 amide bonds. The van der Waals surface area contributed by atoms with Crippen LogP contribution in [0.3, 0.4) is 0 Å². The Morgan fingerprint density at radius 1 is 1.32 bits per heavy atom. The van der Waals surface area contributed by atoms with Gasteiger partial charge in [-0.25, -0.2) is 0 Å². The van der Waals surface area contributed by atoms with Crippen LogP contribution in [0, 0.1) is 0 Å². The number of nitrogens with zero attached hydrogens (tertiary/aromatic N) is 2. The summed E-state index contributed by atoms with van der Waals surface area (Å²) in [6.45, 7) is 1.76. The molecular formula is C20H19N3O4S. The molecule has 3 heterocycles. The molecule has 1 aliphatic heterocycles. The van der Waals surface area contributed by atoms with Crippen LogP contribution >= 0.6 is 11.3 Å². The highest BCUT2D eigenvalue weighted by Crippen LogP contribution is 2.12. The Bertz CT molecular complexity index is 1130. The molecular weight excluding hydrogens is 378 g/mol. The zero-order valence-electron chi connectivity index (χ0n) is 15.1. The molecule has 0 bridgehead atoms. The number of aromatic nitrogens is 1. The van der Waals surface area contributed by atoms with Crippen molar-refractivity contribution in [2.24, 2.45) is 4.99 Å². The van der Waals surface area contributed by atoms with E-state index in [0.717, 1.165) is 29.9 Å². The van der Waals surface area contributed by atoms with Crippen molar-refractivity contribution < 1.29 is 13.9 Å². The molecule has 7 nitrogen and oxygen atoms in total. The smallest absolute Gasteiger partial charge is 0.270 e. The van der Waals surface area contributed by atoms with Crippen molar-refractivity contribution in [2.75, 3.05) is 13.2 Å². The van der Waals surface area contributed by atoms with E-state index in [2.05, 4.69) is 10.3 Å². The first-order valence-electron chi connectivity index (χ1n) is 8.97. The van der Waals surface area contributed by atoms with Gasteiger partial charge < -0.3 is 14.5 Å². The van der Waals surface area contributed by atoms with Crippen molar-refractivity contribution in [2.45, 2.75) is 19.5 Å². The van der Waals surface area contributed by atoms with Crippen molar-refractivity contribution in [3.8, 4) is 5.75 Å². The number of fused-ring (bicyclic) bond motifs is 1. The number of amides is 1. The van der Waals surface area contributed by atoms with Crippen LogP contribution in [0.2, 0.25) is 0 Å². The van der Waals surface area contributed by atoms with Crippen molar-refractivity contribution in [1.82, 2.24) is 9.88 Å². The number of hydrogen-bond acceptors (Lipinski definition) is 6. The van der Waals surface area contributed by atoms with Gasteiger partial charge in [0.25, 0.3) is 11.5 Å². The van der Waals surface area contributed by atoms with Gasteiger partial charge in [0.1, 0.15) is 11.5 Å². The molecule has 0 aliphatic carbocycles. The molecule has 0 fully saturated rings. The summed E-state index contributed by atoms with van der Waals surface area (Å²) in [6.07, 6.45) is 4.32. The number of furan rings is 1. The maximum Gasteiger partial charge on any atom is 0.270 e. The maximum atomic E-state index is 12.4. The van der Waals surface area contributed by atoms with Gasteiger partial charge in [-0.1, -0.05) is 23.5 Å². The van der Waals surface area contributed by atoms with Gasteiger partial charge in [-0.3, -0.25) is 19.1 Å². The number of carbonyl (C=O) groups excluding carboxylic acids is 1. The number of benzene rings is 1. The van der Waals surface area contributed by atoms with E-state index in [-0.39, 0.29) is 18.1 Å². The Balaban J connectivity index is 1.37. The predicted molar refractivity (Wildman–Crippen MR) is 105 cm³/mol. The van der Waals surface area contributed by atoms with Crippen LogP contribution in [0.1, 0.15) is 17.7 Å². The van der Waals surface area contributed by atoms with Crippen LogP contribution in [0.4, 0.5) is 0 Å². The largest absolute Gasteiger partial charge is 0.484 e. The zero-order chi connectivity index (χ0) is 19.3. The fourth-order valence-electron chi connectivity index (χ4n) is 2.84. The Hall–Kier alpha value is -3.13. The van der Waals surface area contributed by atoms with Crippen molar-refractivity contribution in [3.05, 3.63) is 73.7 Å². The summed E-state index contributed by atoms with van der Waals surface area (Å²) < 4.78 is 13.1. The summed E-state index contributed by atoms with van der Waals surface area (Å²) in [7, 11) is 0. The molecule has 0 radical (unpaired) electrons. The number of rotatable bonds is 6. The third-order valence-electron chi connectivity index (χ3n) is 4.26. The van der Waals surface area contributed by atoms with Gasteiger partial charge in [0.15, 0.2) is 11.4 Å². The minimum Gasteiger partial charge on any atom is -0.484 e. The van der Waals surface area contributed by atoms with Crippen molar-refractivity contribution in [3.63, 3.8) is 0 Å². The van der Waals surface area contributed by atoms with E-state index in [4.69, 9.17) is 9.15 Å². The molecule has 0 atom stereocenters. The van der Waals surface area contributed by atoms with Crippen LogP contribution in [0.25, 0.3) is 6.08 Å². The summed E-state index contributed by atoms with van der Waals surface area (Å²) in [4.78, 5) is 29.4. The molecule has 0 unspecified atom stereocenters. The van der Waals surface area contributed by atoms with Gasteiger partial charge in [0, 0.05) is 13.1 Å². The van der Waals surface area contributed by atoms with E-state index in [1.165, 1.54) is 11.3 Å². The molecule has 0 saturated heterocycles. The third-order valence-corrected chi connectivity index (χ3v) is 5.31. The molecule has 2 aromatic heterocycles. The second-order valence-electron chi connectivity index (χ2n) is 6.30. The molecule has 1 N–H and O–H groups in total. The first-order valence-corrected chi connectivity index (χ1v) is 9.78. The first-order chi connectivity index (χ1) is 13.7. The van der Waals surface area contributed by atoms with Crippen molar-refractivity contribution in [1.29, 1.82) is 0 Å². The fraction of sp³-hybridized carbons (Fsp3) is 0.250. The van der Waals surface area contributed by atoms with E-state index in [1.807, 2.05) is 18.2 Å². The highest BCUT2D eigenvalue weighted by atomic mass is 32.1. The highest BCUT2D eigenvalue weighted by Gasteiger charge is 2.09. The Labute approximate surface area is 164 Å². The third kappa shape index (κ3) is 4.23. The summed E-state index contributed by atoms with van der Waals surface area (Å²) >= 11 is 1.42. The van der Waals surface area contributed by atoms with Gasteiger partial charge in [-0.2, -0.15) is 0 Å². The lowest BCUT2D eigenvalue weighted by atomic mass is 10.2. The average Bonchev–Trinajstić information content (AvgIpc) is 3.35. The lowest BCUT2D eigenvalue weighted by Crippen LogP contribution is -2.33. The van der Waals surface area contributed by atoms with Crippen LogP contribution in [-0.2, 0) is 17.9 Å². The molecule has 3 aromatic rings. The Kier molecular flexibility index (Phi) is 5.38. The molecule has 1 aromatic carbocycles. The number of thiazole rings is 1. The minimum atomic E-state index is -0.229. The number of ether oxygens (including phenoxy) is 1. The lowest BCUT2D eigenvalue weighted by molar-refractivity contribution is -0.123. The molecule has 8 heteroatoms. The molecule has 1 aliphatic rings. The van der Waals surface area contributed by atoms with E-state index < -0.39 is 0 Å². The SMILES string of the molecule is O=C(COc1ccc(C=c2sc3n(c2=O)CCCN=3)cc1)NCc1ccco1. The predicted octanol–water partition coefficient (Wildman–Crippen LogP) is 1.05. The topological polar surface area (TPSA) is 85.8 Å². The van der Waals surface area contributed by atoms with E-state index in [1.54, 1.807) is 35.1 Å². The normalized spacial score (nSPS) is 13.6. The highest BCUT2D eigenvalue weighted by molar-refractivity contribution is 7.07. The first kappa shape index (κ1) is 18.2. The number of carbonyl (C=O) groups is 1. The standard InChI is InChI=1S/C20H19N3O4S/c24-18(22-12-16-3-1-10-26-16)13-27-15-6-4-14(5-7-15)11-17-19(25)23-9-2-8-21-20(23)28-17/h1,3-7,10-11H,2,8-9,12-13H2,(H,22,24). The summed E-state index contributed by atoms with van der Waals surface area (Å²) in [6, 6.07) is 10.8. The monoisotopic (exact) mass is 397 g/mol. The minimum absolute atomic E-state index is 0.0111. The van der Waals surface area contributed by atoms with Crippen LogP contribution in [0.5, 0.6) is 5.75 Å². The second-order valence-corrected chi connectivity index (χ2v) is 7.31. The van der Waals surface area contributed by atoms with Gasteiger partial charge in [-0.15, -0.1) is 0 Å². The van der Waals surface area contributed by atoms with E-state index in [0.29, 0.717) is 22.6 Å². The van der Waals surface area contributed by atoms with Crippen LogP contribution < -0.4 is 24.9 Å². The lowest BCUT2D eigenvalue weighted by Gasteiger charge is -2.06. The summed E-state index contributed by atoms with van der Waals surface area (Å²) in [5, 5.41) is 2.72. The van der Waals surface area contributed by atoms with Crippen LogP contribution in [0.15, 0.2) is 56.9 Å². The Morgan fingerprint density at radius 2 is 2.18 bits per heavy atom. The Morgan fingerprint density at radius 3 is 2.93 bits per heavy atom.